The molecule has 0 heterocycles. The second-order valence-corrected chi connectivity index (χ2v) is 7.40. The van der Waals surface area contributed by atoms with Crippen molar-refractivity contribution < 1.29 is 13.6 Å². The second kappa shape index (κ2) is 10.1. The topological polar surface area (TPSA) is 62.6 Å². The zero-order valence-corrected chi connectivity index (χ0v) is 15.2. The van der Waals surface area contributed by atoms with E-state index in [-0.39, 0.29) is 18.4 Å². The predicted molar refractivity (Wildman–Crippen MR) is 94.9 cm³/mol. The number of rotatable bonds is 9. The van der Waals surface area contributed by atoms with Crippen LogP contribution in [0, 0.1) is 5.41 Å². The predicted octanol–water partition coefficient (Wildman–Crippen LogP) is 5.14. The molecule has 22 heavy (non-hydrogen) atoms. The minimum Gasteiger partial charge on any atom is -0.292 e. The first-order valence-corrected chi connectivity index (χ1v) is 10.0. The Hall–Kier alpha value is -0.810. The highest BCUT2D eigenvalue weighted by Gasteiger charge is 2.36. The van der Waals surface area contributed by atoms with Gasteiger partial charge < -0.3 is 0 Å². The van der Waals surface area contributed by atoms with E-state index in [0.717, 1.165) is 18.6 Å². The van der Waals surface area contributed by atoms with Crippen LogP contribution < -0.4 is 4.67 Å². The first kappa shape index (κ1) is 19.2. The van der Waals surface area contributed by atoms with E-state index >= 15 is 0 Å². The summed E-state index contributed by atoms with van der Waals surface area (Å²) in [5.41, 5.74) is 0.640. The molecule has 1 rings (SSSR count). The van der Waals surface area contributed by atoms with Crippen LogP contribution in [0.25, 0.3) is 0 Å². The standard InChI is InChI=1S/C15H25N2O3PS/c1-4-7-13-22-15(16)17(14-11-9-8-10-12-14)21(18,19-5-2)20-6-3/h8-12,16H,4-7,13H2,1-3H3. The Bertz CT molecular complexity index is 489. The van der Waals surface area contributed by atoms with Crippen molar-refractivity contribution in [1.29, 1.82) is 5.41 Å². The molecule has 0 radical (unpaired) electrons. The van der Waals surface area contributed by atoms with Gasteiger partial charge in [-0.2, -0.15) is 0 Å². The summed E-state index contributed by atoms with van der Waals surface area (Å²) in [6.07, 6.45) is 2.06. The molecule has 0 saturated carbocycles. The van der Waals surface area contributed by atoms with E-state index in [0.29, 0.717) is 5.69 Å². The fourth-order valence-corrected chi connectivity index (χ4v) is 4.72. The van der Waals surface area contributed by atoms with Gasteiger partial charge in [-0.05, 0) is 32.4 Å². The Kier molecular flexibility index (Phi) is 8.79. The molecule has 0 aliphatic heterocycles. The van der Waals surface area contributed by atoms with Gasteiger partial charge in [0.2, 0.25) is 0 Å². The molecule has 1 aromatic carbocycles. The smallest absolute Gasteiger partial charge is 0.292 e. The fourth-order valence-electron chi connectivity index (χ4n) is 1.79. The third kappa shape index (κ3) is 5.43. The van der Waals surface area contributed by atoms with Gasteiger partial charge in [0, 0.05) is 5.75 Å². The Labute approximate surface area is 137 Å². The summed E-state index contributed by atoms with van der Waals surface area (Å²) in [7, 11) is -3.57. The van der Waals surface area contributed by atoms with Crippen molar-refractivity contribution >= 4 is 30.4 Å². The number of benzene rings is 1. The summed E-state index contributed by atoms with van der Waals surface area (Å²) >= 11 is 1.36. The maximum absolute atomic E-state index is 13.1. The van der Waals surface area contributed by atoms with E-state index in [4.69, 9.17) is 14.5 Å². The molecule has 0 aliphatic carbocycles. The maximum atomic E-state index is 13.1. The number of hydrogen-bond acceptors (Lipinski definition) is 5. The van der Waals surface area contributed by atoms with Crippen LogP contribution in [0.3, 0.4) is 0 Å². The number of nitrogens with zero attached hydrogens (tertiary/aromatic N) is 1. The molecule has 7 heteroatoms. The number of para-hydroxylation sites is 1. The van der Waals surface area contributed by atoms with E-state index in [1.54, 1.807) is 26.0 Å². The second-order valence-electron chi connectivity index (χ2n) is 4.46. The van der Waals surface area contributed by atoms with Gasteiger partial charge in [0.25, 0.3) is 0 Å². The SMILES string of the molecule is CCCCSC(=N)N(c1ccccc1)P(=O)(OCC)OCC. The van der Waals surface area contributed by atoms with Gasteiger partial charge in [-0.3, -0.25) is 14.5 Å². The molecule has 124 valence electrons. The van der Waals surface area contributed by atoms with Gasteiger partial charge in [-0.25, -0.2) is 9.24 Å². The minimum atomic E-state index is -3.57. The molecule has 0 unspecified atom stereocenters. The third-order valence-electron chi connectivity index (χ3n) is 2.76. The molecule has 0 amide bonds. The molecule has 0 fully saturated rings. The molecule has 0 atom stereocenters. The maximum Gasteiger partial charge on any atom is 0.441 e. The first-order chi connectivity index (χ1) is 10.6. The van der Waals surface area contributed by atoms with Gasteiger partial charge in [-0.1, -0.05) is 43.3 Å². The lowest BCUT2D eigenvalue weighted by Crippen LogP contribution is -2.27. The summed E-state index contributed by atoms with van der Waals surface area (Å²) in [6, 6.07) is 9.17. The van der Waals surface area contributed by atoms with Crippen molar-refractivity contribution in [3.8, 4) is 0 Å². The van der Waals surface area contributed by atoms with Crippen LogP contribution in [0.5, 0.6) is 0 Å². The van der Waals surface area contributed by atoms with Gasteiger partial charge in [0.1, 0.15) is 0 Å². The normalized spacial score (nSPS) is 11.4. The van der Waals surface area contributed by atoms with Crippen LogP contribution >= 0.6 is 19.5 Å². The van der Waals surface area contributed by atoms with Gasteiger partial charge in [-0.15, -0.1) is 0 Å². The number of unbranched alkanes of at least 4 members (excludes halogenated alkanes) is 1. The van der Waals surface area contributed by atoms with E-state index in [1.165, 1.54) is 16.4 Å². The van der Waals surface area contributed by atoms with Crippen LogP contribution in [-0.4, -0.2) is 24.1 Å². The van der Waals surface area contributed by atoms with Crippen LogP contribution in [-0.2, 0) is 13.6 Å². The lowest BCUT2D eigenvalue weighted by Gasteiger charge is -2.31. The zero-order valence-electron chi connectivity index (χ0n) is 13.4. The number of anilines is 1. The van der Waals surface area contributed by atoms with Crippen molar-refractivity contribution in [2.75, 3.05) is 23.6 Å². The molecule has 0 saturated heterocycles. The Morgan fingerprint density at radius 3 is 2.27 bits per heavy atom. The Balaban J connectivity index is 3.09. The molecule has 0 aliphatic rings. The average Bonchev–Trinajstić information content (AvgIpc) is 2.49. The van der Waals surface area contributed by atoms with Crippen LogP contribution in [0.15, 0.2) is 30.3 Å². The van der Waals surface area contributed by atoms with E-state index in [2.05, 4.69) is 6.92 Å². The number of amidine groups is 1. The van der Waals surface area contributed by atoms with Crippen LogP contribution in [0.2, 0.25) is 0 Å². The molecule has 1 aromatic rings. The largest absolute Gasteiger partial charge is 0.441 e. The van der Waals surface area contributed by atoms with Crippen LogP contribution in [0.1, 0.15) is 33.6 Å². The third-order valence-corrected chi connectivity index (χ3v) is 5.93. The first-order valence-electron chi connectivity index (χ1n) is 7.55. The van der Waals surface area contributed by atoms with Crippen molar-refractivity contribution in [1.82, 2.24) is 0 Å². The molecule has 0 bridgehead atoms. The van der Waals surface area contributed by atoms with Gasteiger partial charge in [0.05, 0.1) is 18.9 Å². The summed E-state index contributed by atoms with van der Waals surface area (Å²) < 4.78 is 25.3. The molecular formula is C15H25N2O3PS. The monoisotopic (exact) mass is 344 g/mol. The number of hydrogen-bond donors (Lipinski definition) is 1. The summed E-state index contributed by atoms with van der Waals surface area (Å²) in [4.78, 5) is 0. The van der Waals surface area contributed by atoms with Crippen LogP contribution in [0.4, 0.5) is 5.69 Å². The highest BCUT2D eigenvalue weighted by molar-refractivity contribution is 8.14. The van der Waals surface area contributed by atoms with Crippen molar-refractivity contribution in [3.05, 3.63) is 30.3 Å². The van der Waals surface area contributed by atoms with E-state index < -0.39 is 7.75 Å². The van der Waals surface area contributed by atoms with Gasteiger partial charge in [0.15, 0.2) is 5.17 Å². The number of nitrogens with one attached hydrogen (secondary N) is 1. The molecular weight excluding hydrogens is 319 g/mol. The van der Waals surface area contributed by atoms with E-state index in [1.807, 2.05) is 18.2 Å². The van der Waals surface area contributed by atoms with Crippen molar-refractivity contribution in [3.63, 3.8) is 0 Å². The summed E-state index contributed by atoms with van der Waals surface area (Å²) in [5.74, 6) is 0.802. The Morgan fingerprint density at radius 1 is 1.18 bits per heavy atom. The van der Waals surface area contributed by atoms with E-state index in [9.17, 15) is 4.57 Å². The molecule has 1 N–H and O–H groups in total. The highest BCUT2D eigenvalue weighted by atomic mass is 32.2. The zero-order chi connectivity index (χ0) is 16.4. The molecule has 0 spiro atoms. The molecule has 0 aromatic heterocycles. The lowest BCUT2D eigenvalue weighted by atomic mass is 10.3. The summed E-state index contributed by atoms with van der Waals surface area (Å²) in [6.45, 7) is 6.15. The average molecular weight is 344 g/mol. The van der Waals surface area contributed by atoms with Crippen molar-refractivity contribution in [2.45, 2.75) is 33.6 Å². The summed E-state index contributed by atoms with van der Waals surface area (Å²) in [5, 5.41) is 8.52. The van der Waals surface area contributed by atoms with Gasteiger partial charge >= 0.3 is 7.75 Å². The van der Waals surface area contributed by atoms with Crippen molar-refractivity contribution in [2.24, 2.45) is 0 Å². The highest BCUT2D eigenvalue weighted by Crippen LogP contribution is 2.55. The molecule has 5 nitrogen and oxygen atoms in total. The fraction of sp³-hybridized carbons (Fsp3) is 0.533. The number of thioether (sulfide) groups is 1. The minimum absolute atomic E-state index is 0.185. The Morgan fingerprint density at radius 2 is 1.77 bits per heavy atom. The lowest BCUT2D eigenvalue weighted by molar-refractivity contribution is 0.221. The quantitative estimate of drug-likeness (QED) is 0.291.